The van der Waals surface area contributed by atoms with Crippen molar-refractivity contribution in [2.45, 2.75) is 13.1 Å². The van der Waals surface area contributed by atoms with E-state index in [1.807, 2.05) is 13.1 Å². The highest BCUT2D eigenvalue weighted by Gasteiger charge is 2.06. The van der Waals surface area contributed by atoms with Crippen molar-refractivity contribution in [1.29, 1.82) is 0 Å². The van der Waals surface area contributed by atoms with Crippen molar-refractivity contribution in [1.82, 2.24) is 0 Å². The molecule has 0 unspecified atom stereocenters. The summed E-state index contributed by atoms with van der Waals surface area (Å²) < 4.78 is 9.86. The first-order valence-electron chi connectivity index (χ1n) is 3.45. The first kappa shape index (κ1) is 10.6. The van der Waals surface area contributed by atoms with Crippen molar-refractivity contribution in [2.24, 2.45) is 0 Å². The summed E-state index contributed by atoms with van der Waals surface area (Å²) in [6, 6.07) is 0. The van der Waals surface area contributed by atoms with E-state index in [1.54, 1.807) is 0 Å². The van der Waals surface area contributed by atoms with Gasteiger partial charge < -0.3 is 8.85 Å². The maximum Gasteiger partial charge on any atom is 0.321 e. The van der Waals surface area contributed by atoms with Crippen LogP contribution in [-0.4, -0.2) is 32.1 Å². The van der Waals surface area contributed by atoms with Crippen LogP contribution < -0.4 is 0 Å². The monoisotopic (exact) mass is 190 g/mol. The van der Waals surface area contributed by atoms with Gasteiger partial charge >= 0.3 is 5.97 Å². The zero-order chi connectivity index (χ0) is 8.85. The summed E-state index contributed by atoms with van der Waals surface area (Å²) in [6.45, 7) is 7.95. The van der Waals surface area contributed by atoms with E-state index < -0.39 is 9.04 Å². The van der Waals surface area contributed by atoms with Gasteiger partial charge in [-0.05, 0) is 13.1 Å². The lowest BCUT2D eigenvalue weighted by Crippen LogP contribution is -2.15. The lowest BCUT2D eigenvalue weighted by Gasteiger charge is -2.07. The third-order valence-corrected chi connectivity index (χ3v) is 2.27. The van der Waals surface area contributed by atoms with E-state index in [-0.39, 0.29) is 5.97 Å². The summed E-state index contributed by atoms with van der Waals surface area (Å²) in [4.78, 5) is 10.8. The SMILES string of the molecule is C=C(CO[SiH](C)C)C(=O)O[SiH3]. The minimum atomic E-state index is -1.04. The highest BCUT2D eigenvalue weighted by atomic mass is 28.3. The Bertz CT molecular complexity index is 156. The van der Waals surface area contributed by atoms with Gasteiger partial charge in [-0.3, -0.25) is 0 Å². The van der Waals surface area contributed by atoms with E-state index in [4.69, 9.17) is 4.43 Å². The first-order valence-corrected chi connectivity index (χ1v) is 7.05. The van der Waals surface area contributed by atoms with Gasteiger partial charge in [-0.25, -0.2) is 4.79 Å². The van der Waals surface area contributed by atoms with Crippen LogP contribution in [0.15, 0.2) is 12.2 Å². The molecule has 0 aromatic rings. The van der Waals surface area contributed by atoms with E-state index in [2.05, 4.69) is 11.0 Å². The lowest BCUT2D eigenvalue weighted by molar-refractivity contribution is -0.130. The molecule has 0 spiro atoms. The lowest BCUT2D eigenvalue weighted by atomic mass is 10.3. The van der Waals surface area contributed by atoms with Crippen molar-refractivity contribution in [3.8, 4) is 0 Å². The van der Waals surface area contributed by atoms with Gasteiger partial charge in [-0.2, -0.15) is 0 Å². The number of carbonyl (C=O) groups is 1. The topological polar surface area (TPSA) is 35.5 Å². The Morgan fingerprint density at radius 2 is 2.18 bits per heavy atom. The molecular formula is C6H14O3Si2. The summed E-state index contributed by atoms with van der Waals surface area (Å²) >= 11 is 0. The molecule has 0 atom stereocenters. The van der Waals surface area contributed by atoms with Gasteiger partial charge in [0.05, 0.1) is 12.2 Å². The molecule has 0 rings (SSSR count). The van der Waals surface area contributed by atoms with Crippen LogP contribution in [0.5, 0.6) is 0 Å². The normalized spacial score (nSPS) is 10.1. The Labute approximate surface area is 71.7 Å². The molecule has 0 bridgehead atoms. The molecule has 0 aromatic heterocycles. The van der Waals surface area contributed by atoms with Crippen LogP contribution >= 0.6 is 0 Å². The van der Waals surface area contributed by atoms with E-state index in [1.165, 1.54) is 0 Å². The Balaban J connectivity index is 3.61. The Kier molecular flexibility index (Phi) is 5.09. The molecule has 0 heterocycles. The Morgan fingerprint density at radius 1 is 1.64 bits per heavy atom. The standard InChI is InChI=1S/C6H14O3Si2/c1-5(6(7)9-10)4-8-11(2)3/h11H,1,4H2,2-3,10H3. The van der Waals surface area contributed by atoms with Crippen LogP contribution in [0.25, 0.3) is 0 Å². The second kappa shape index (κ2) is 5.28. The highest BCUT2D eigenvalue weighted by Crippen LogP contribution is 1.95. The summed E-state index contributed by atoms with van der Waals surface area (Å²) in [6.07, 6.45) is 0. The summed E-state index contributed by atoms with van der Waals surface area (Å²) in [5.41, 5.74) is 0.418. The fraction of sp³-hybridized carbons (Fsp3) is 0.500. The van der Waals surface area contributed by atoms with E-state index in [0.717, 1.165) is 0 Å². The van der Waals surface area contributed by atoms with Gasteiger partial charge in [0.25, 0.3) is 0 Å². The molecule has 0 saturated heterocycles. The predicted molar refractivity (Wildman–Crippen MR) is 50.0 cm³/mol. The van der Waals surface area contributed by atoms with Gasteiger partial charge in [0.2, 0.25) is 10.5 Å². The second-order valence-corrected chi connectivity index (χ2v) is 5.29. The van der Waals surface area contributed by atoms with E-state index in [9.17, 15) is 4.79 Å². The van der Waals surface area contributed by atoms with Gasteiger partial charge in [0.1, 0.15) is 0 Å². The molecule has 64 valence electrons. The van der Waals surface area contributed by atoms with Crippen molar-refractivity contribution < 1.29 is 13.6 Å². The number of hydrogen-bond donors (Lipinski definition) is 0. The van der Waals surface area contributed by atoms with Crippen LogP contribution in [-0.2, 0) is 13.6 Å². The average Bonchev–Trinajstić information content (AvgIpc) is 1.98. The molecular weight excluding hydrogens is 176 g/mol. The van der Waals surface area contributed by atoms with Crippen LogP contribution in [0, 0.1) is 0 Å². The van der Waals surface area contributed by atoms with Crippen LogP contribution in [0.2, 0.25) is 13.1 Å². The number of rotatable bonds is 4. The van der Waals surface area contributed by atoms with Crippen molar-refractivity contribution in [2.75, 3.05) is 6.61 Å². The molecule has 0 fully saturated rings. The van der Waals surface area contributed by atoms with Gasteiger partial charge in [0.15, 0.2) is 9.04 Å². The third-order valence-electron chi connectivity index (χ3n) is 1.06. The number of carbonyl (C=O) groups excluding carboxylic acids is 1. The molecule has 0 aliphatic heterocycles. The Hall–Kier alpha value is -0.396. The largest absolute Gasteiger partial charge is 0.525 e. The smallest absolute Gasteiger partial charge is 0.321 e. The molecule has 0 N–H and O–H groups in total. The minimum absolute atomic E-state index is 0.324. The fourth-order valence-electron chi connectivity index (χ4n) is 0.471. The van der Waals surface area contributed by atoms with Crippen molar-refractivity contribution in [3.05, 3.63) is 12.2 Å². The second-order valence-electron chi connectivity index (χ2n) is 2.45. The van der Waals surface area contributed by atoms with Gasteiger partial charge in [-0.15, -0.1) is 0 Å². The third kappa shape index (κ3) is 4.94. The Morgan fingerprint density at radius 3 is 2.55 bits per heavy atom. The maximum absolute atomic E-state index is 10.8. The zero-order valence-electron chi connectivity index (χ0n) is 7.22. The predicted octanol–water partition coefficient (Wildman–Crippen LogP) is -0.634. The zero-order valence-corrected chi connectivity index (χ0v) is 10.4. The summed E-state index contributed by atoms with van der Waals surface area (Å²) in [5.74, 6) is -0.327. The van der Waals surface area contributed by atoms with Crippen LogP contribution in [0.1, 0.15) is 0 Å². The molecule has 5 heteroatoms. The van der Waals surface area contributed by atoms with Crippen molar-refractivity contribution >= 4 is 25.5 Å². The maximum atomic E-state index is 10.8. The van der Waals surface area contributed by atoms with Crippen LogP contribution in [0.3, 0.4) is 0 Å². The molecule has 3 nitrogen and oxygen atoms in total. The first-order chi connectivity index (χ1) is 5.07. The van der Waals surface area contributed by atoms with Crippen molar-refractivity contribution in [3.63, 3.8) is 0 Å². The molecule has 0 saturated carbocycles. The van der Waals surface area contributed by atoms with Gasteiger partial charge in [-0.1, -0.05) is 6.58 Å². The van der Waals surface area contributed by atoms with E-state index >= 15 is 0 Å². The molecule has 0 amide bonds. The average molecular weight is 190 g/mol. The van der Waals surface area contributed by atoms with Crippen LogP contribution in [0.4, 0.5) is 0 Å². The summed E-state index contributed by atoms with van der Waals surface area (Å²) in [5, 5.41) is 0. The quantitative estimate of drug-likeness (QED) is 0.437. The molecule has 0 radical (unpaired) electrons. The van der Waals surface area contributed by atoms with Gasteiger partial charge in [0, 0.05) is 0 Å². The molecule has 0 aromatic carbocycles. The molecule has 0 aliphatic carbocycles. The molecule has 0 aliphatic rings. The number of hydrogen-bond acceptors (Lipinski definition) is 3. The summed E-state index contributed by atoms with van der Waals surface area (Å²) in [7, 11) is -0.617. The highest BCUT2D eigenvalue weighted by molar-refractivity contribution is 6.48. The van der Waals surface area contributed by atoms with E-state index in [0.29, 0.717) is 22.7 Å². The minimum Gasteiger partial charge on any atom is -0.525 e. The molecule has 11 heavy (non-hydrogen) atoms. The fourth-order valence-corrected chi connectivity index (χ4v) is 1.29.